The van der Waals surface area contributed by atoms with Crippen LogP contribution in [0, 0.1) is 5.82 Å². The van der Waals surface area contributed by atoms with Crippen LogP contribution in [0.3, 0.4) is 0 Å². The van der Waals surface area contributed by atoms with Gasteiger partial charge in [0.2, 0.25) is 5.91 Å². The summed E-state index contributed by atoms with van der Waals surface area (Å²) in [6, 6.07) is 2.25. The van der Waals surface area contributed by atoms with E-state index in [1.165, 1.54) is 12.1 Å². The Labute approximate surface area is 121 Å². The Morgan fingerprint density at radius 1 is 1.42 bits per heavy atom. The highest BCUT2D eigenvalue weighted by molar-refractivity contribution is 6.35. The molecule has 0 aliphatic heterocycles. The normalized spacial score (nSPS) is 12.1. The molecule has 1 amide bonds. The van der Waals surface area contributed by atoms with Crippen LogP contribution in [0.5, 0.6) is 0 Å². The molecule has 1 atom stereocenters. The zero-order chi connectivity index (χ0) is 14.4. The van der Waals surface area contributed by atoms with Gasteiger partial charge in [0.25, 0.3) is 0 Å². The van der Waals surface area contributed by atoms with Crippen molar-refractivity contribution < 1.29 is 13.9 Å². The molecule has 1 aromatic carbocycles. The highest BCUT2D eigenvalue weighted by atomic mass is 35.5. The van der Waals surface area contributed by atoms with E-state index in [0.29, 0.717) is 18.8 Å². The average Bonchev–Trinajstić information content (AvgIpc) is 2.36. The van der Waals surface area contributed by atoms with Gasteiger partial charge in [0.1, 0.15) is 6.04 Å². The SMILES string of the molecule is COCCNC(=O)C(C)Nc1cc(Cl)c(F)c(Cl)c1. The molecule has 0 aliphatic carbocycles. The van der Waals surface area contributed by atoms with Gasteiger partial charge in [-0.2, -0.15) is 0 Å². The molecule has 4 nitrogen and oxygen atoms in total. The van der Waals surface area contributed by atoms with E-state index < -0.39 is 11.9 Å². The number of ether oxygens (including phenoxy) is 1. The smallest absolute Gasteiger partial charge is 0.242 e. The number of nitrogens with one attached hydrogen (secondary N) is 2. The molecule has 0 aliphatic rings. The van der Waals surface area contributed by atoms with E-state index in [2.05, 4.69) is 10.6 Å². The number of carbonyl (C=O) groups excluding carboxylic acids is 1. The topological polar surface area (TPSA) is 50.4 Å². The number of methoxy groups -OCH3 is 1. The van der Waals surface area contributed by atoms with Crippen molar-refractivity contribution in [2.24, 2.45) is 0 Å². The Bertz CT molecular complexity index is 434. The summed E-state index contributed by atoms with van der Waals surface area (Å²) in [6.07, 6.45) is 0. The van der Waals surface area contributed by atoms with Crippen LogP contribution >= 0.6 is 23.2 Å². The standard InChI is InChI=1S/C12H15Cl2FN2O2/c1-7(12(18)16-3-4-19-2)17-8-5-9(13)11(15)10(14)6-8/h5-7,17H,3-4H2,1-2H3,(H,16,18). The first kappa shape index (κ1) is 16.0. The molecular formula is C12H15Cl2FN2O2. The summed E-state index contributed by atoms with van der Waals surface area (Å²) in [5.41, 5.74) is 0.478. The van der Waals surface area contributed by atoms with E-state index in [0.717, 1.165) is 0 Å². The molecule has 0 spiro atoms. The molecule has 0 heterocycles. The molecule has 106 valence electrons. The quantitative estimate of drug-likeness (QED) is 0.627. The van der Waals surface area contributed by atoms with Gasteiger partial charge in [-0.05, 0) is 19.1 Å². The van der Waals surface area contributed by atoms with E-state index >= 15 is 0 Å². The molecule has 0 saturated heterocycles. The van der Waals surface area contributed by atoms with Crippen LogP contribution in [0.4, 0.5) is 10.1 Å². The number of halogens is 3. The van der Waals surface area contributed by atoms with Gasteiger partial charge in [-0.25, -0.2) is 4.39 Å². The van der Waals surface area contributed by atoms with Crippen molar-refractivity contribution in [3.05, 3.63) is 28.0 Å². The first-order chi connectivity index (χ1) is 8.95. The van der Waals surface area contributed by atoms with E-state index in [4.69, 9.17) is 27.9 Å². The van der Waals surface area contributed by atoms with Crippen molar-refractivity contribution in [1.82, 2.24) is 5.32 Å². The lowest BCUT2D eigenvalue weighted by Crippen LogP contribution is -2.39. The molecule has 19 heavy (non-hydrogen) atoms. The molecule has 0 saturated carbocycles. The predicted molar refractivity (Wildman–Crippen MR) is 74.4 cm³/mol. The van der Waals surface area contributed by atoms with Gasteiger partial charge in [-0.15, -0.1) is 0 Å². The maximum Gasteiger partial charge on any atom is 0.242 e. The number of hydrogen-bond acceptors (Lipinski definition) is 3. The van der Waals surface area contributed by atoms with Crippen molar-refractivity contribution in [2.45, 2.75) is 13.0 Å². The lowest BCUT2D eigenvalue weighted by Gasteiger charge is -2.15. The van der Waals surface area contributed by atoms with E-state index in [1.54, 1.807) is 14.0 Å². The average molecular weight is 309 g/mol. The largest absolute Gasteiger partial charge is 0.383 e. The number of anilines is 1. The number of carbonyl (C=O) groups is 1. The maximum absolute atomic E-state index is 13.2. The third kappa shape index (κ3) is 4.86. The first-order valence-electron chi connectivity index (χ1n) is 5.63. The summed E-state index contributed by atoms with van der Waals surface area (Å²) < 4.78 is 18.1. The van der Waals surface area contributed by atoms with Crippen LogP contribution in [0.1, 0.15) is 6.92 Å². The van der Waals surface area contributed by atoms with Gasteiger partial charge >= 0.3 is 0 Å². The summed E-state index contributed by atoms with van der Waals surface area (Å²) >= 11 is 11.3. The van der Waals surface area contributed by atoms with Crippen LogP contribution in [0.15, 0.2) is 12.1 Å². The van der Waals surface area contributed by atoms with Crippen LogP contribution in [0.2, 0.25) is 10.0 Å². The van der Waals surface area contributed by atoms with Crippen molar-refractivity contribution in [2.75, 3.05) is 25.6 Å². The summed E-state index contributed by atoms with van der Waals surface area (Å²) in [5.74, 6) is -0.875. The van der Waals surface area contributed by atoms with Crippen molar-refractivity contribution in [3.63, 3.8) is 0 Å². The minimum absolute atomic E-state index is 0.0954. The molecule has 0 fully saturated rings. The molecule has 1 rings (SSSR count). The molecule has 7 heteroatoms. The maximum atomic E-state index is 13.2. The van der Waals surface area contributed by atoms with Gasteiger partial charge in [0.05, 0.1) is 16.7 Å². The molecule has 0 aromatic heterocycles. The van der Waals surface area contributed by atoms with Crippen LogP contribution in [-0.4, -0.2) is 32.2 Å². The molecule has 2 N–H and O–H groups in total. The fraction of sp³-hybridized carbons (Fsp3) is 0.417. The second kappa shape index (κ2) is 7.53. The van der Waals surface area contributed by atoms with Gasteiger partial charge in [0, 0.05) is 19.3 Å². The Morgan fingerprint density at radius 3 is 2.53 bits per heavy atom. The van der Waals surface area contributed by atoms with Gasteiger partial charge in [0.15, 0.2) is 5.82 Å². The van der Waals surface area contributed by atoms with E-state index in [-0.39, 0.29) is 16.0 Å². The Morgan fingerprint density at radius 2 is 2.00 bits per heavy atom. The van der Waals surface area contributed by atoms with Crippen molar-refractivity contribution in [3.8, 4) is 0 Å². The van der Waals surface area contributed by atoms with Crippen LogP contribution in [0.25, 0.3) is 0 Å². The number of rotatable bonds is 6. The zero-order valence-corrected chi connectivity index (χ0v) is 12.1. The minimum Gasteiger partial charge on any atom is -0.383 e. The Kier molecular flexibility index (Phi) is 6.34. The summed E-state index contributed by atoms with van der Waals surface area (Å²) in [6.45, 7) is 2.53. The second-order valence-corrected chi connectivity index (χ2v) is 4.72. The molecule has 1 aromatic rings. The second-order valence-electron chi connectivity index (χ2n) is 3.90. The first-order valence-corrected chi connectivity index (χ1v) is 6.39. The number of amides is 1. The van der Waals surface area contributed by atoms with E-state index in [9.17, 15) is 9.18 Å². The van der Waals surface area contributed by atoms with Crippen molar-refractivity contribution in [1.29, 1.82) is 0 Å². The summed E-state index contributed by atoms with van der Waals surface area (Å²) in [7, 11) is 1.55. The van der Waals surface area contributed by atoms with Gasteiger partial charge in [-0.1, -0.05) is 23.2 Å². The highest BCUT2D eigenvalue weighted by Gasteiger charge is 2.14. The number of benzene rings is 1. The third-order valence-electron chi connectivity index (χ3n) is 2.37. The lowest BCUT2D eigenvalue weighted by atomic mass is 10.2. The predicted octanol–water partition coefficient (Wildman–Crippen LogP) is 2.70. The molecular weight excluding hydrogens is 294 g/mol. The third-order valence-corrected chi connectivity index (χ3v) is 2.92. The monoisotopic (exact) mass is 308 g/mol. The molecule has 1 unspecified atom stereocenters. The Balaban J connectivity index is 2.61. The number of hydrogen-bond donors (Lipinski definition) is 2. The molecule has 0 bridgehead atoms. The van der Waals surface area contributed by atoms with Crippen LogP contribution < -0.4 is 10.6 Å². The Hall–Kier alpha value is -1.04. The minimum atomic E-state index is -0.675. The fourth-order valence-corrected chi connectivity index (χ4v) is 1.87. The van der Waals surface area contributed by atoms with Gasteiger partial charge in [-0.3, -0.25) is 4.79 Å². The van der Waals surface area contributed by atoms with Gasteiger partial charge < -0.3 is 15.4 Å². The van der Waals surface area contributed by atoms with E-state index in [1.807, 2.05) is 0 Å². The summed E-state index contributed by atoms with van der Waals surface area (Å²) in [5, 5.41) is 5.38. The zero-order valence-electron chi connectivity index (χ0n) is 10.6. The highest BCUT2D eigenvalue weighted by Crippen LogP contribution is 2.27. The van der Waals surface area contributed by atoms with Crippen molar-refractivity contribution >= 4 is 34.8 Å². The van der Waals surface area contributed by atoms with Crippen LogP contribution in [-0.2, 0) is 9.53 Å². The fourth-order valence-electron chi connectivity index (χ4n) is 1.38. The lowest BCUT2D eigenvalue weighted by molar-refractivity contribution is -0.121. The summed E-state index contributed by atoms with van der Waals surface area (Å²) in [4.78, 5) is 11.7. The molecule has 0 radical (unpaired) electrons.